The molecule has 0 aliphatic rings. The summed E-state index contributed by atoms with van der Waals surface area (Å²) in [4.78, 5) is 22.3. The molecule has 3 aromatic rings. The molecule has 0 aromatic heterocycles. The molecule has 6 nitrogen and oxygen atoms in total. The number of Topliss-reactive ketones (excluding diaryl/α,β-unsaturated/α-hetero) is 1. The van der Waals surface area contributed by atoms with Crippen LogP contribution in [-0.2, 0) is 19.9 Å². The van der Waals surface area contributed by atoms with Gasteiger partial charge in [-0.3, -0.25) is 9.59 Å². The zero-order valence-corrected chi connectivity index (χ0v) is 19.0. The van der Waals surface area contributed by atoms with Crippen LogP contribution in [0.2, 0.25) is 0 Å². The van der Waals surface area contributed by atoms with Gasteiger partial charge in [-0.15, -0.1) is 0 Å². The van der Waals surface area contributed by atoms with Crippen molar-refractivity contribution in [3.05, 3.63) is 89.5 Å². The van der Waals surface area contributed by atoms with Gasteiger partial charge < -0.3 is 18.9 Å². The van der Waals surface area contributed by atoms with Gasteiger partial charge in [0.2, 0.25) is 0 Å². The number of hydrogen-bond donors (Lipinski definition) is 0. The first-order chi connectivity index (χ1) is 16.1. The van der Waals surface area contributed by atoms with Crippen LogP contribution in [0.15, 0.2) is 72.8 Å². The van der Waals surface area contributed by atoms with Gasteiger partial charge in [0.15, 0.2) is 12.1 Å². The molecule has 0 saturated heterocycles. The topological polar surface area (TPSA) is 71.1 Å². The normalized spacial score (nSPS) is 11.0. The van der Waals surface area contributed by atoms with Crippen molar-refractivity contribution in [1.29, 1.82) is 0 Å². The summed E-state index contributed by atoms with van der Waals surface area (Å²) in [6.07, 6.45) is 1.91. The molecule has 0 fully saturated rings. The quantitative estimate of drug-likeness (QED) is 0.381. The van der Waals surface area contributed by atoms with E-state index >= 15 is 0 Å². The highest BCUT2D eigenvalue weighted by Crippen LogP contribution is 2.42. The fourth-order valence-corrected chi connectivity index (χ4v) is 3.74. The molecule has 0 bridgehead atoms. The van der Waals surface area contributed by atoms with E-state index in [1.807, 2.05) is 66.7 Å². The summed E-state index contributed by atoms with van der Waals surface area (Å²) in [5.74, 6) is 1.84. The summed E-state index contributed by atoms with van der Waals surface area (Å²) in [6.45, 7) is -0.115. The Hall–Kier alpha value is -3.64. The SMILES string of the molecule is COc1ccc(C(OC)(c2ccc(OC)cc2)c2cccc(OCC(=O)CC[C]=O)c2)cc1. The van der Waals surface area contributed by atoms with Crippen LogP contribution in [-0.4, -0.2) is 40.0 Å². The zero-order chi connectivity index (χ0) is 23.7. The first-order valence-electron chi connectivity index (χ1n) is 10.5. The Kier molecular flexibility index (Phi) is 8.22. The third-order valence-electron chi connectivity index (χ3n) is 5.45. The Bertz CT molecular complexity index is 1010. The number of rotatable bonds is 12. The second-order valence-corrected chi connectivity index (χ2v) is 7.34. The Morgan fingerprint density at radius 2 is 1.36 bits per heavy atom. The third-order valence-corrected chi connectivity index (χ3v) is 5.45. The Balaban J connectivity index is 2.05. The van der Waals surface area contributed by atoms with E-state index in [9.17, 15) is 9.59 Å². The lowest BCUT2D eigenvalue weighted by molar-refractivity contribution is -0.120. The van der Waals surface area contributed by atoms with Crippen LogP contribution in [0.4, 0.5) is 0 Å². The van der Waals surface area contributed by atoms with Gasteiger partial charge in [0.25, 0.3) is 0 Å². The van der Waals surface area contributed by atoms with Crippen molar-refractivity contribution in [2.75, 3.05) is 27.9 Å². The number of ether oxygens (including phenoxy) is 4. The van der Waals surface area contributed by atoms with Crippen LogP contribution in [0.5, 0.6) is 17.2 Å². The number of carbonyl (C=O) groups is 1. The van der Waals surface area contributed by atoms with Gasteiger partial charge in [0.1, 0.15) is 29.5 Å². The maximum Gasteiger partial charge on any atom is 0.198 e. The lowest BCUT2D eigenvalue weighted by Crippen LogP contribution is -2.31. The second kappa shape index (κ2) is 11.3. The first kappa shape index (κ1) is 24.0. The first-order valence-corrected chi connectivity index (χ1v) is 10.5. The summed E-state index contributed by atoms with van der Waals surface area (Å²) in [7, 11) is 4.90. The van der Waals surface area contributed by atoms with E-state index in [4.69, 9.17) is 18.9 Å². The molecule has 33 heavy (non-hydrogen) atoms. The van der Waals surface area contributed by atoms with Crippen LogP contribution >= 0.6 is 0 Å². The van der Waals surface area contributed by atoms with Gasteiger partial charge in [-0.1, -0.05) is 36.4 Å². The number of ketones is 1. The summed E-state index contributed by atoms with van der Waals surface area (Å²) in [6, 6.07) is 22.8. The third kappa shape index (κ3) is 5.41. The van der Waals surface area contributed by atoms with Gasteiger partial charge in [0.05, 0.1) is 14.2 Å². The summed E-state index contributed by atoms with van der Waals surface area (Å²) in [5.41, 5.74) is 1.66. The average molecular weight is 448 g/mol. The molecule has 0 heterocycles. The van der Waals surface area contributed by atoms with Gasteiger partial charge in [-0.05, 0) is 53.1 Å². The van der Waals surface area contributed by atoms with E-state index < -0.39 is 5.60 Å². The molecular weight excluding hydrogens is 420 g/mol. The predicted molar refractivity (Wildman–Crippen MR) is 125 cm³/mol. The highest BCUT2D eigenvalue weighted by atomic mass is 16.5. The maximum atomic E-state index is 11.9. The van der Waals surface area contributed by atoms with Gasteiger partial charge in [-0.25, -0.2) is 0 Å². The highest BCUT2D eigenvalue weighted by Gasteiger charge is 2.37. The van der Waals surface area contributed by atoms with E-state index in [1.54, 1.807) is 33.7 Å². The molecule has 0 atom stereocenters. The second-order valence-electron chi connectivity index (χ2n) is 7.34. The largest absolute Gasteiger partial charge is 0.497 e. The van der Waals surface area contributed by atoms with E-state index in [0.717, 1.165) is 28.2 Å². The molecule has 0 unspecified atom stereocenters. The summed E-state index contributed by atoms with van der Waals surface area (Å²) >= 11 is 0. The van der Waals surface area contributed by atoms with Crippen LogP contribution in [0.1, 0.15) is 29.5 Å². The summed E-state index contributed by atoms with van der Waals surface area (Å²) in [5, 5.41) is 0. The molecule has 0 saturated carbocycles. The number of hydrogen-bond acceptors (Lipinski definition) is 6. The predicted octanol–water partition coefficient (Wildman–Crippen LogP) is 4.48. The minimum atomic E-state index is -0.950. The standard InChI is InChI=1S/C27H27O6/c1-30-24-13-9-20(10-14-24)27(32-3,21-11-15-25(31-2)16-12-21)22-6-4-8-26(18-22)33-19-23(29)7-5-17-28/h4,6,8-16,18H,5,7,19H2,1-3H3. The maximum absolute atomic E-state index is 11.9. The Labute approximate surface area is 194 Å². The van der Waals surface area contributed by atoms with E-state index in [2.05, 4.69) is 0 Å². The van der Waals surface area contributed by atoms with Gasteiger partial charge in [-0.2, -0.15) is 0 Å². The van der Waals surface area contributed by atoms with Crippen LogP contribution < -0.4 is 14.2 Å². The van der Waals surface area contributed by atoms with Gasteiger partial charge in [0, 0.05) is 20.0 Å². The van der Waals surface area contributed by atoms with Crippen molar-refractivity contribution in [3.63, 3.8) is 0 Å². The van der Waals surface area contributed by atoms with Crippen molar-refractivity contribution >= 4 is 12.1 Å². The molecule has 6 heteroatoms. The average Bonchev–Trinajstić information content (AvgIpc) is 2.88. The fourth-order valence-electron chi connectivity index (χ4n) is 3.74. The van der Waals surface area contributed by atoms with Crippen LogP contribution in [0.3, 0.4) is 0 Å². The van der Waals surface area contributed by atoms with E-state index in [-0.39, 0.29) is 25.2 Å². The van der Waals surface area contributed by atoms with Gasteiger partial charge >= 0.3 is 0 Å². The van der Waals surface area contributed by atoms with E-state index in [0.29, 0.717) is 5.75 Å². The smallest absolute Gasteiger partial charge is 0.198 e. The lowest BCUT2D eigenvalue weighted by atomic mass is 9.80. The van der Waals surface area contributed by atoms with Crippen LogP contribution in [0.25, 0.3) is 0 Å². The van der Waals surface area contributed by atoms with E-state index in [1.165, 1.54) is 0 Å². The minimum Gasteiger partial charge on any atom is -0.497 e. The molecule has 0 amide bonds. The molecule has 0 spiro atoms. The fraction of sp³-hybridized carbons (Fsp3) is 0.259. The lowest BCUT2D eigenvalue weighted by Gasteiger charge is -2.34. The number of carbonyl (C=O) groups excluding carboxylic acids is 2. The summed E-state index contributed by atoms with van der Waals surface area (Å²) < 4.78 is 22.6. The highest BCUT2D eigenvalue weighted by molar-refractivity contribution is 5.81. The zero-order valence-electron chi connectivity index (χ0n) is 19.0. The number of benzene rings is 3. The molecule has 3 rings (SSSR count). The van der Waals surface area contributed by atoms with Crippen molar-refractivity contribution in [1.82, 2.24) is 0 Å². The Morgan fingerprint density at radius 3 is 1.85 bits per heavy atom. The van der Waals surface area contributed by atoms with Crippen molar-refractivity contribution < 1.29 is 28.5 Å². The molecule has 1 radical (unpaired) electrons. The molecule has 0 N–H and O–H groups in total. The molecular formula is C27H27O6. The van der Waals surface area contributed by atoms with Crippen molar-refractivity contribution in [2.24, 2.45) is 0 Å². The molecule has 171 valence electrons. The molecule has 0 aliphatic carbocycles. The molecule has 0 aliphatic heterocycles. The minimum absolute atomic E-state index is 0.0734. The van der Waals surface area contributed by atoms with Crippen molar-refractivity contribution in [3.8, 4) is 17.2 Å². The van der Waals surface area contributed by atoms with Crippen molar-refractivity contribution in [2.45, 2.75) is 18.4 Å². The number of methoxy groups -OCH3 is 3. The molecule has 3 aromatic carbocycles. The monoisotopic (exact) mass is 447 g/mol. The Morgan fingerprint density at radius 1 is 0.788 bits per heavy atom. The van der Waals surface area contributed by atoms with Crippen LogP contribution in [0, 0.1) is 0 Å².